The van der Waals surface area contributed by atoms with Gasteiger partial charge in [-0.05, 0) is 50.3 Å². The normalized spacial score (nSPS) is 23.9. The molecule has 2 unspecified atom stereocenters. The summed E-state index contributed by atoms with van der Waals surface area (Å²) in [6.45, 7) is 2.20. The Morgan fingerprint density at radius 1 is 1.07 bits per heavy atom. The summed E-state index contributed by atoms with van der Waals surface area (Å²) in [6, 6.07) is 13.6. The number of piperidine rings is 1. The second-order valence-electron chi connectivity index (χ2n) is 7.55. The zero-order chi connectivity index (χ0) is 18.8. The maximum absolute atomic E-state index is 12.8. The van der Waals surface area contributed by atoms with Crippen molar-refractivity contribution in [2.45, 2.75) is 51.3 Å². The highest BCUT2D eigenvalue weighted by Gasteiger charge is 2.45. The molecule has 2 fully saturated rings. The number of Topliss-reactive ketones (excluding diaryl/α,β-unsaturated/α-hetero) is 1. The van der Waals surface area contributed by atoms with Crippen molar-refractivity contribution >= 4 is 11.9 Å². The van der Waals surface area contributed by atoms with Gasteiger partial charge in [0.15, 0.2) is 5.78 Å². The molecule has 5 heteroatoms. The molecule has 0 N–H and O–H groups in total. The molecule has 1 aromatic heterocycles. The van der Waals surface area contributed by atoms with Crippen LogP contribution in [0.5, 0.6) is 0 Å². The summed E-state index contributed by atoms with van der Waals surface area (Å²) in [6.07, 6.45) is 4.73. The zero-order valence-electron chi connectivity index (χ0n) is 15.5. The molecule has 5 nitrogen and oxygen atoms in total. The van der Waals surface area contributed by atoms with E-state index in [4.69, 9.17) is 4.74 Å². The summed E-state index contributed by atoms with van der Waals surface area (Å²) in [5.74, 6) is 0.113. The second-order valence-corrected chi connectivity index (χ2v) is 7.55. The molecular formula is C22H24N2O3. The number of hydrogen-bond acceptors (Lipinski definition) is 4. The third-order valence-electron chi connectivity index (χ3n) is 5.72. The van der Waals surface area contributed by atoms with Gasteiger partial charge in [0, 0.05) is 35.5 Å². The lowest BCUT2D eigenvalue weighted by Gasteiger charge is -2.37. The van der Waals surface area contributed by atoms with Crippen molar-refractivity contribution in [2.75, 3.05) is 0 Å². The number of hydrogen-bond donors (Lipinski definition) is 0. The third kappa shape index (κ3) is 3.72. The van der Waals surface area contributed by atoms with Crippen LogP contribution in [0.3, 0.4) is 0 Å². The van der Waals surface area contributed by atoms with Gasteiger partial charge in [0.2, 0.25) is 0 Å². The molecule has 0 spiro atoms. The monoisotopic (exact) mass is 364 g/mol. The minimum absolute atomic E-state index is 0.0369. The molecule has 0 radical (unpaired) electrons. The van der Waals surface area contributed by atoms with Crippen LogP contribution in [0, 0.1) is 12.8 Å². The standard InChI is InChI=1S/C22H24N2O3/c1-15-7-8-17(13-23-15)21(25)18-11-19-9-10-20(12-18)24(19)22(26)27-14-16-5-3-2-4-6-16/h2-8,13,18-20H,9-12,14H2,1H3. The second kappa shape index (κ2) is 7.51. The predicted octanol–water partition coefficient (Wildman–Crippen LogP) is 4.15. The minimum Gasteiger partial charge on any atom is -0.445 e. The average Bonchev–Trinajstić information content (AvgIpc) is 2.96. The van der Waals surface area contributed by atoms with Crippen molar-refractivity contribution in [3.63, 3.8) is 0 Å². The van der Waals surface area contributed by atoms with Crippen LogP contribution in [0.15, 0.2) is 48.7 Å². The fourth-order valence-electron chi connectivity index (χ4n) is 4.33. The smallest absolute Gasteiger partial charge is 0.410 e. The lowest BCUT2D eigenvalue weighted by atomic mass is 9.85. The fraction of sp³-hybridized carbons (Fsp3) is 0.409. The number of aromatic nitrogens is 1. The topological polar surface area (TPSA) is 59.5 Å². The Morgan fingerprint density at radius 3 is 2.41 bits per heavy atom. The first-order chi connectivity index (χ1) is 13.1. The Labute approximate surface area is 159 Å². The quantitative estimate of drug-likeness (QED) is 0.765. The van der Waals surface area contributed by atoms with E-state index in [1.807, 2.05) is 54.3 Å². The summed E-state index contributed by atoms with van der Waals surface area (Å²) in [4.78, 5) is 31.6. The van der Waals surface area contributed by atoms with E-state index in [-0.39, 0.29) is 36.5 Å². The van der Waals surface area contributed by atoms with Crippen LogP contribution < -0.4 is 0 Å². The van der Waals surface area contributed by atoms with Crippen LogP contribution in [-0.2, 0) is 11.3 Å². The highest BCUT2D eigenvalue weighted by Crippen LogP contribution is 2.40. The molecule has 2 saturated heterocycles. The van der Waals surface area contributed by atoms with Gasteiger partial charge >= 0.3 is 6.09 Å². The Morgan fingerprint density at radius 2 is 1.78 bits per heavy atom. The van der Waals surface area contributed by atoms with Crippen LogP contribution >= 0.6 is 0 Å². The van der Waals surface area contributed by atoms with E-state index in [0.29, 0.717) is 18.4 Å². The molecule has 0 aliphatic carbocycles. The number of nitrogens with zero attached hydrogens (tertiary/aromatic N) is 2. The first-order valence-corrected chi connectivity index (χ1v) is 9.57. The zero-order valence-corrected chi connectivity index (χ0v) is 15.5. The van der Waals surface area contributed by atoms with E-state index in [1.165, 1.54) is 0 Å². The number of carbonyl (C=O) groups excluding carboxylic acids is 2. The highest BCUT2D eigenvalue weighted by atomic mass is 16.6. The van der Waals surface area contributed by atoms with E-state index in [1.54, 1.807) is 6.20 Å². The Balaban J connectivity index is 1.39. The van der Waals surface area contributed by atoms with E-state index in [2.05, 4.69) is 4.98 Å². The van der Waals surface area contributed by atoms with Crippen LogP contribution in [0.2, 0.25) is 0 Å². The lowest BCUT2D eigenvalue weighted by Crippen LogP contribution is -2.48. The molecule has 3 heterocycles. The van der Waals surface area contributed by atoms with E-state index < -0.39 is 0 Å². The predicted molar refractivity (Wildman–Crippen MR) is 101 cm³/mol. The van der Waals surface area contributed by atoms with E-state index in [0.717, 1.165) is 24.1 Å². The van der Waals surface area contributed by atoms with Crippen LogP contribution in [0.25, 0.3) is 0 Å². The number of benzene rings is 1. The molecule has 2 bridgehead atoms. The number of ether oxygens (including phenoxy) is 1. The molecule has 1 aromatic carbocycles. The Kier molecular flexibility index (Phi) is 4.92. The van der Waals surface area contributed by atoms with Gasteiger partial charge in [-0.25, -0.2) is 4.79 Å². The van der Waals surface area contributed by atoms with Crippen LogP contribution in [0.4, 0.5) is 4.79 Å². The van der Waals surface area contributed by atoms with Crippen LogP contribution in [-0.4, -0.2) is 33.8 Å². The van der Waals surface area contributed by atoms with Gasteiger partial charge in [0.25, 0.3) is 0 Å². The number of carbonyl (C=O) groups is 2. The fourth-order valence-corrected chi connectivity index (χ4v) is 4.33. The largest absolute Gasteiger partial charge is 0.445 e. The van der Waals surface area contributed by atoms with Crippen molar-refractivity contribution in [1.29, 1.82) is 0 Å². The Hall–Kier alpha value is -2.69. The van der Waals surface area contributed by atoms with Crippen molar-refractivity contribution in [2.24, 2.45) is 5.92 Å². The number of rotatable bonds is 4. The maximum Gasteiger partial charge on any atom is 0.410 e. The highest BCUT2D eigenvalue weighted by molar-refractivity contribution is 5.97. The van der Waals surface area contributed by atoms with Gasteiger partial charge < -0.3 is 9.64 Å². The van der Waals surface area contributed by atoms with Gasteiger partial charge in [-0.2, -0.15) is 0 Å². The van der Waals surface area contributed by atoms with Crippen LogP contribution in [0.1, 0.15) is 47.3 Å². The van der Waals surface area contributed by atoms with Gasteiger partial charge in [-0.15, -0.1) is 0 Å². The van der Waals surface area contributed by atoms with Crippen molar-refractivity contribution in [1.82, 2.24) is 9.88 Å². The first-order valence-electron chi connectivity index (χ1n) is 9.57. The van der Waals surface area contributed by atoms with E-state index >= 15 is 0 Å². The molecule has 27 heavy (non-hydrogen) atoms. The van der Waals surface area contributed by atoms with Gasteiger partial charge in [-0.3, -0.25) is 9.78 Å². The summed E-state index contributed by atoms with van der Waals surface area (Å²) in [7, 11) is 0. The van der Waals surface area contributed by atoms with E-state index in [9.17, 15) is 9.59 Å². The van der Waals surface area contributed by atoms with Crippen molar-refractivity contribution in [3.8, 4) is 0 Å². The number of fused-ring (bicyclic) bond motifs is 2. The molecule has 1 amide bonds. The van der Waals surface area contributed by atoms with Gasteiger partial charge in [0.1, 0.15) is 6.61 Å². The molecule has 2 aliphatic heterocycles. The number of amides is 1. The maximum atomic E-state index is 12.8. The number of pyridine rings is 1. The first kappa shape index (κ1) is 17.7. The van der Waals surface area contributed by atoms with Gasteiger partial charge in [-0.1, -0.05) is 30.3 Å². The summed E-state index contributed by atoms with van der Waals surface area (Å²) in [5, 5.41) is 0. The SMILES string of the molecule is Cc1ccc(C(=O)C2CC3CCC(C2)N3C(=O)OCc2ccccc2)cn1. The Bertz CT molecular complexity index is 805. The summed E-state index contributed by atoms with van der Waals surface area (Å²) >= 11 is 0. The summed E-state index contributed by atoms with van der Waals surface area (Å²) < 4.78 is 5.53. The third-order valence-corrected chi connectivity index (χ3v) is 5.72. The number of ketones is 1. The molecule has 2 aliphatic rings. The molecular weight excluding hydrogens is 340 g/mol. The van der Waals surface area contributed by atoms with Crippen molar-refractivity contribution in [3.05, 3.63) is 65.5 Å². The lowest BCUT2D eigenvalue weighted by molar-refractivity contribution is 0.0485. The van der Waals surface area contributed by atoms with Crippen molar-refractivity contribution < 1.29 is 14.3 Å². The molecule has 2 atom stereocenters. The summed E-state index contributed by atoms with van der Waals surface area (Å²) in [5.41, 5.74) is 2.56. The molecule has 0 saturated carbocycles. The number of aryl methyl sites for hydroxylation is 1. The molecule has 140 valence electrons. The minimum atomic E-state index is -0.255. The molecule has 4 rings (SSSR count). The average molecular weight is 364 g/mol. The van der Waals surface area contributed by atoms with Gasteiger partial charge in [0.05, 0.1) is 0 Å². The molecule has 2 aromatic rings.